The molecule has 1 saturated heterocycles. The van der Waals surface area contributed by atoms with Gasteiger partial charge >= 0.3 is 0 Å². The molecule has 0 bridgehead atoms. The van der Waals surface area contributed by atoms with Gasteiger partial charge in [0, 0.05) is 18.6 Å². The zero-order valence-corrected chi connectivity index (χ0v) is 11.5. The van der Waals surface area contributed by atoms with Crippen molar-refractivity contribution in [3.05, 3.63) is 0 Å². The van der Waals surface area contributed by atoms with Gasteiger partial charge in [-0.15, -0.1) is 0 Å². The number of hydrogen-bond acceptors (Lipinski definition) is 2. The van der Waals surface area contributed by atoms with Gasteiger partial charge in [-0.3, -0.25) is 0 Å². The van der Waals surface area contributed by atoms with E-state index < -0.39 is 0 Å². The van der Waals surface area contributed by atoms with Gasteiger partial charge in [0.15, 0.2) is 0 Å². The minimum atomic E-state index is 0.391. The lowest BCUT2D eigenvalue weighted by Crippen LogP contribution is -2.46. The molecule has 2 atom stereocenters. The summed E-state index contributed by atoms with van der Waals surface area (Å²) >= 11 is 0. The Morgan fingerprint density at radius 2 is 2.06 bits per heavy atom. The maximum Gasteiger partial charge on any atom is 0.0537 e. The van der Waals surface area contributed by atoms with Crippen molar-refractivity contribution in [2.45, 2.75) is 47.0 Å². The largest absolute Gasteiger partial charge is 0.381 e. The van der Waals surface area contributed by atoms with Crippen molar-refractivity contribution in [3.8, 4) is 0 Å². The first-order valence-corrected chi connectivity index (χ1v) is 6.89. The fourth-order valence-corrected chi connectivity index (χ4v) is 2.62. The minimum Gasteiger partial charge on any atom is -0.381 e. The van der Waals surface area contributed by atoms with Gasteiger partial charge in [-0.1, -0.05) is 34.1 Å². The summed E-state index contributed by atoms with van der Waals surface area (Å²) in [6.07, 6.45) is 3.81. The van der Waals surface area contributed by atoms with Crippen molar-refractivity contribution in [2.24, 2.45) is 17.3 Å². The Bertz CT molecular complexity index is 185. The average Bonchev–Trinajstić information content (AvgIpc) is 2.28. The van der Waals surface area contributed by atoms with Crippen LogP contribution in [0.5, 0.6) is 0 Å². The molecule has 0 amide bonds. The van der Waals surface area contributed by atoms with Crippen LogP contribution in [0.4, 0.5) is 0 Å². The van der Waals surface area contributed by atoms with Gasteiger partial charge in [-0.25, -0.2) is 0 Å². The van der Waals surface area contributed by atoms with Crippen molar-refractivity contribution in [3.63, 3.8) is 0 Å². The normalized spacial score (nSPS) is 28.3. The number of hydrogen-bond donors (Lipinski definition) is 1. The van der Waals surface area contributed by atoms with Crippen molar-refractivity contribution < 1.29 is 4.74 Å². The highest BCUT2D eigenvalue weighted by molar-refractivity contribution is 4.88. The Balaban J connectivity index is 2.49. The topological polar surface area (TPSA) is 21.3 Å². The lowest BCUT2D eigenvalue weighted by Gasteiger charge is -2.42. The molecule has 2 heteroatoms. The molecule has 0 aromatic heterocycles. The predicted molar refractivity (Wildman–Crippen MR) is 69.6 cm³/mol. The first-order valence-electron chi connectivity index (χ1n) is 6.89. The van der Waals surface area contributed by atoms with E-state index >= 15 is 0 Å². The van der Waals surface area contributed by atoms with Gasteiger partial charge in [0.25, 0.3) is 0 Å². The molecule has 2 nitrogen and oxygen atoms in total. The minimum absolute atomic E-state index is 0.391. The summed E-state index contributed by atoms with van der Waals surface area (Å²) in [5, 5.41) is 3.63. The third kappa shape index (κ3) is 3.74. The molecular formula is C14H29NO. The predicted octanol–water partition coefficient (Wildman–Crippen LogP) is 3.07. The van der Waals surface area contributed by atoms with Gasteiger partial charge in [-0.2, -0.15) is 0 Å². The van der Waals surface area contributed by atoms with Gasteiger partial charge in [-0.05, 0) is 31.2 Å². The summed E-state index contributed by atoms with van der Waals surface area (Å²) in [6.45, 7) is 13.4. The molecule has 1 heterocycles. The van der Waals surface area contributed by atoms with E-state index in [0.29, 0.717) is 5.41 Å². The lowest BCUT2D eigenvalue weighted by molar-refractivity contribution is -0.0386. The molecule has 0 aliphatic carbocycles. The van der Waals surface area contributed by atoms with Crippen LogP contribution in [-0.4, -0.2) is 26.3 Å². The van der Waals surface area contributed by atoms with Crippen molar-refractivity contribution in [1.82, 2.24) is 5.32 Å². The monoisotopic (exact) mass is 227 g/mol. The van der Waals surface area contributed by atoms with E-state index in [4.69, 9.17) is 4.74 Å². The van der Waals surface area contributed by atoms with Gasteiger partial charge in [0.2, 0.25) is 0 Å². The highest BCUT2D eigenvalue weighted by Crippen LogP contribution is 2.37. The molecule has 1 rings (SSSR count). The highest BCUT2D eigenvalue weighted by Gasteiger charge is 2.36. The Morgan fingerprint density at radius 3 is 2.56 bits per heavy atom. The second kappa shape index (κ2) is 6.61. The zero-order chi connectivity index (χ0) is 12.0. The molecule has 0 aromatic rings. The van der Waals surface area contributed by atoms with Crippen LogP contribution in [0, 0.1) is 17.3 Å². The van der Waals surface area contributed by atoms with E-state index in [1.54, 1.807) is 0 Å². The fraction of sp³-hybridized carbons (Fsp3) is 1.00. The molecule has 1 fully saturated rings. The molecule has 0 radical (unpaired) electrons. The standard InChI is InChI=1S/C14H29NO/c1-5-13(4)14(7-6-8-16-11-14)10-15-9-12(2)3/h12-13,15H,5-11H2,1-4H3. The Morgan fingerprint density at radius 1 is 1.31 bits per heavy atom. The van der Waals surface area contributed by atoms with Crippen LogP contribution >= 0.6 is 0 Å². The zero-order valence-electron chi connectivity index (χ0n) is 11.5. The van der Waals surface area contributed by atoms with Crippen molar-refractivity contribution in [1.29, 1.82) is 0 Å². The maximum atomic E-state index is 5.73. The summed E-state index contributed by atoms with van der Waals surface area (Å²) in [7, 11) is 0. The van der Waals surface area contributed by atoms with Crippen LogP contribution in [0.25, 0.3) is 0 Å². The summed E-state index contributed by atoms with van der Waals surface area (Å²) in [5.74, 6) is 1.49. The van der Waals surface area contributed by atoms with Crippen LogP contribution in [0.15, 0.2) is 0 Å². The second-order valence-corrected chi connectivity index (χ2v) is 5.85. The summed E-state index contributed by atoms with van der Waals surface area (Å²) in [4.78, 5) is 0. The fourth-order valence-electron chi connectivity index (χ4n) is 2.62. The molecule has 0 saturated carbocycles. The number of rotatable bonds is 6. The lowest BCUT2D eigenvalue weighted by atomic mass is 9.71. The molecule has 96 valence electrons. The Hall–Kier alpha value is -0.0800. The van der Waals surface area contributed by atoms with Crippen LogP contribution in [-0.2, 0) is 4.74 Å². The van der Waals surface area contributed by atoms with E-state index in [9.17, 15) is 0 Å². The van der Waals surface area contributed by atoms with Gasteiger partial charge in [0.05, 0.1) is 6.61 Å². The van der Waals surface area contributed by atoms with Crippen LogP contribution in [0.1, 0.15) is 47.0 Å². The summed E-state index contributed by atoms with van der Waals surface area (Å²) in [6, 6.07) is 0. The van der Waals surface area contributed by atoms with Crippen LogP contribution < -0.4 is 5.32 Å². The molecule has 1 aliphatic rings. The summed E-state index contributed by atoms with van der Waals surface area (Å²) < 4.78 is 5.73. The average molecular weight is 227 g/mol. The second-order valence-electron chi connectivity index (χ2n) is 5.85. The van der Waals surface area contributed by atoms with Crippen LogP contribution in [0.2, 0.25) is 0 Å². The Kier molecular flexibility index (Phi) is 5.77. The first kappa shape index (κ1) is 14.0. The molecule has 1 aliphatic heterocycles. The van der Waals surface area contributed by atoms with Crippen molar-refractivity contribution in [2.75, 3.05) is 26.3 Å². The van der Waals surface area contributed by atoms with E-state index in [-0.39, 0.29) is 0 Å². The quantitative estimate of drug-likeness (QED) is 0.753. The molecule has 1 N–H and O–H groups in total. The molecule has 16 heavy (non-hydrogen) atoms. The first-order chi connectivity index (χ1) is 7.60. The molecule has 2 unspecified atom stereocenters. The SMILES string of the molecule is CCC(C)C1(CNCC(C)C)CCCOC1. The van der Waals surface area contributed by atoms with E-state index in [2.05, 4.69) is 33.0 Å². The third-order valence-electron chi connectivity index (χ3n) is 4.04. The van der Waals surface area contributed by atoms with E-state index in [0.717, 1.165) is 38.1 Å². The molecule has 0 spiro atoms. The number of ether oxygens (including phenoxy) is 1. The molecular weight excluding hydrogens is 198 g/mol. The third-order valence-corrected chi connectivity index (χ3v) is 4.04. The van der Waals surface area contributed by atoms with Crippen LogP contribution in [0.3, 0.4) is 0 Å². The Labute approximate surface area is 101 Å². The van der Waals surface area contributed by atoms with E-state index in [1.165, 1.54) is 19.3 Å². The smallest absolute Gasteiger partial charge is 0.0537 e. The van der Waals surface area contributed by atoms with Gasteiger partial charge < -0.3 is 10.1 Å². The van der Waals surface area contributed by atoms with Crippen molar-refractivity contribution >= 4 is 0 Å². The molecule has 0 aromatic carbocycles. The summed E-state index contributed by atoms with van der Waals surface area (Å²) in [5.41, 5.74) is 0.391. The van der Waals surface area contributed by atoms with Gasteiger partial charge in [0.1, 0.15) is 0 Å². The number of nitrogens with one attached hydrogen (secondary N) is 1. The van der Waals surface area contributed by atoms with E-state index in [1.807, 2.05) is 0 Å². The highest BCUT2D eigenvalue weighted by atomic mass is 16.5. The maximum absolute atomic E-state index is 5.73.